The zero-order chi connectivity index (χ0) is 54.5. The molecule has 17 nitrogen and oxygen atoms in total. The predicted octanol–water partition coefficient (Wildman–Crippen LogP) is 8.61. The number of imide groups is 1. The molecule has 2 fully saturated rings. The second-order valence-corrected chi connectivity index (χ2v) is 20.3. The van der Waals surface area contributed by atoms with Crippen LogP contribution in [0.4, 0.5) is 35.0 Å². The molecular weight excluding hydrogens is 1010 g/mol. The van der Waals surface area contributed by atoms with E-state index in [4.69, 9.17) is 18.9 Å². The average molecular weight is 1070 g/mol. The number of likely N-dealkylation sites (tertiary alicyclic amines) is 1. The smallest absolute Gasteiger partial charge is 0.417 e. The van der Waals surface area contributed by atoms with Crippen molar-refractivity contribution in [3.8, 4) is 28.0 Å². The summed E-state index contributed by atoms with van der Waals surface area (Å²) < 4.78 is 64.7. The van der Waals surface area contributed by atoms with Crippen LogP contribution in [0.3, 0.4) is 0 Å². The number of anilines is 3. The lowest BCUT2D eigenvalue weighted by molar-refractivity contribution is -0.142. The Balaban J connectivity index is 0.776. The molecule has 4 heterocycles. The molecule has 3 atom stereocenters. The number of amides is 6. The molecule has 1 unspecified atom stereocenters. The normalized spacial score (nSPS) is 17.6. The number of hydrogen-bond donors (Lipinski definition) is 2. The van der Waals surface area contributed by atoms with Crippen LogP contribution in [0.25, 0.3) is 10.4 Å². The molecule has 2 N–H and O–H groups in total. The van der Waals surface area contributed by atoms with Crippen molar-refractivity contribution in [1.82, 2.24) is 14.8 Å². The third-order valence-corrected chi connectivity index (χ3v) is 14.4. The van der Waals surface area contributed by atoms with E-state index in [2.05, 4.69) is 10.3 Å². The summed E-state index contributed by atoms with van der Waals surface area (Å²) in [4.78, 5) is 79.1. The Bertz CT molecular complexity index is 3010. The number of nitrogens with zero attached hydrogens (tertiary/aromatic N) is 6. The van der Waals surface area contributed by atoms with Crippen LogP contribution in [0.2, 0.25) is 0 Å². The van der Waals surface area contributed by atoms with Crippen molar-refractivity contribution >= 4 is 58.1 Å². The van der Waals surface area contributed by atoms with Crippen molar-refractivity contribution in [2.75, 3.05) is 61.3 Å². The van der Waals surface area contributed by atoms with Crippen molar-refractivity contribution in [3.63, 3.8) is 0 Å². The van der Waals surface area contributed by atoms with Crippen LogP contribution in [-0.4, -0.2) is 119 Å². The molecule has 21 heteroatoms. The molecule has 3 aliphatic heterocycles. The number of β-amino-alcohol motifs (C(OH)–C–C–N with tert-alkyl or cyclic N) is 1. The minimum Gasteiger partial charge on any atom is -0.491 e. The quantitative estimate of drug-likeness (QED) is 0.0524. The molecule has 3 aliphatic rings. The number of benzene rings is 4. The van der Waals surface area contributed by atoms with Crippen LogP contribution in [0, 0.1) is 24.2 Å². The summed E-state index contributed by atoms with van der Waals surface area (Å²) in [6.07, 6.45) is -4.65. The van der Waals surface area contributed by atoms with Gasteiger partial charge in [0.15, 0.2) is 0 Å². The highest BCUT2D eigenvalue weighted by Gasteiger charge is 2.53. The van der Waals surface area contributed by atoms with Crippen LogP contribution in [0.5, 0.6) is 11.5 Å². The van der Waals surface area contributed by atoms with E-state index in [1.165, 1.54) is 41.1 Å². The minimum atomic E-state index is -4.88. The number of nitrogens with one attached hydrogen (secondary N) is 1. The second-order valence-electron chi connectivity index (χ2n) is 19.4. The van der Waals surface area contributed by atoms with E-state index in [0.717, 1.165) is 33.8 Å². The fourth-order valence-corrected chi connectivity index (χ4v) is 10.4. The van der Waals surface area contributed by atoms with E-state index >= 15 is 0 Å². The fraction of sp³-hybridized carbons (Fsp3) is 0.400. The van der Waals surface area contributed by atoms with Gasteiger partial charge in [-0.15, -0.1) is 11.3 Å². The Morgan fingerprint density at radius 3 is 2.28 bits per heavy atom. The van der Waals surface area contributed by atoms with Gasteiger partial charge in [0, 0.05) is 57.0 Å². The third-order valence-electron chi connectivity index (χ3n) is 13.4. The summed E-state index contributed by atoms with van der Waals surface area (Å²) in [5.41, 5.74) is 1.91. The molecule has 6 amide bonds. The van der Waals surface area contributed by atoms with Gasteiger partial charge in [-0.2, -0.15) is 18.4 Å². The maximum atomic E-state index is 14.3. The number of aliphatic hydroxyl groups excluding tert-OH is 1. The topological polar surface area (TPSA) is 204 Å². The zero-order valence-corrected chi connectivity index (χ0v) is 43.4. The van der Waals surface area contributed by atoms with Crippen molar-refractivity contribution < 1.29 is 61.2 Å². The van der Waals surface area contributed by atoms with Gasteiger partial charge in [-0.25, -0.2) is 14.7 Å². The molecule has 0 spiro atoms. The van der Waals surface area contributed by atoms with Crippen LogP contribution < -0.4 is 24.6 Å². The Hall–Kier alpha value is -7.38. The first-order valence-corrected chi connectivity index (χ1v) is 25.7. The van der Waals surface area contributed by atoms with Gasteiger partial charge in [0.05, 0.1) is 64.0 Å². The standard InChI is InChI=1S/C55H58F3N7O10S/c1-33(2)47(63-30-37-10-6-7-11-42(37)50(63)68)51(69)62-31-40(66)28-45(62)49(67)61-44-19-13-35(48-34(3)60-32-76-48)26-46(44)75-23-9-22-72-20-8-21-73-24-25-74-41-17-15-38(16-18-41)65-53(71)64(52(70)54(65,4)5)39-14-12-36(29-59)43(27-39)55(56,57)58/h6-7,10-19,26-27,32-33,40,45,47,66H,8-9,20-25,28,30-31H2,1-5H3,(H,61,67)/t40-,45+,47?/m1/s1. The number of nitriles is 1. The Morgan fingerprint density at radius 1 is 0.908 bits per heavy atom. The highest BCUT2D eigenvalue weighted by molar-refractivity contribution is 7.13. The zero-order valence-electron chi connectivity index (χ0n) is 42.6. The summed E-state index contributed by atoms with van der Waals surface area (Å²) in [5.74, 6) is -1.27. The lowest BCUT2D eigenvalue weighted by atomic mass is 10.0. The SMILES string of the molecule is Cc1ncsc1-c1ccc(NC(=O)[C@@H]2C[C@@H](O)CN2C(=O)C(C(C)C)N2Cc3ccccc3C2=O)c(OCCCOCCCOCCOc2ccc(N3C(=O)N(c4ccc(C#N)c(C(F)(F)F)c4)C(=O)C3(C)C)cc2)c1. The molecular formula is C55H58F3N7O10S. The number of halogens is 3. The van der Waals surface area contributed by atoms with Crippen molar-refractivity contribution in [3.05, 3.63) is 118 Å². The minimum absolute atomic E-state index is 0.0286. The number of aliphatic hydroxyl groups is 1. The van der Waals surface area contributed by atoms with Gasteiger partial charge in [-0.3, -0.25) is 24.1 Å². The number of aryl methyl sites for hydroxylation is 1. The van der Waals surface area contributed by atoms with Gasteiger partial charge in [0.25, 0.3) is 11.8 Å². The monoisotopic (exact) mass is 1070 g/mol. The first kappa shape index (κ1) is 54.9. The molecule has 0 aliphatic carbocycles. The van der Waals surface area contributed by atoms with Gasteiger partial charge in [0.2, 0.25) is 11.8 Å². The molecule has 8 rings (SSSR count). The van der Waals surface area contributed by atoms with E-state index in [9.17, 15) is 47.5 Å². The van der Waals surface area contributed by atoms with Crippen LogP contribution >= 0.6 is 11.3 Å². The lowest BCUT2D eigenvalue weighted by Crippen LogP contribution is -2.54. The Labute approximate surface area is 441 Å². The summed E-state index contributed by atoms with van der Waals surface area (Å²) in [5, 5.41) is 23.0. The van der Waals surface area contributed by atoms with Crippen molar-refractivity contribution in [2.45, 2.75) is 90.3 Å². The molecule has 0 radical (unpaired) electrons. The van der Waals surface area contributed by atoms with Crippen LogP contribution in [-0.2, 0) is 36.6 Å². The number of alkyl halides is 3. The first-order chi connectivity index (χ1) is 36.3. The van der Waals surface area contributed by atoms with Crippen LogP contribution in [0.1, 0.15) is 79.7 Å². The third kappa shape index (κ3) is 11.7. The Morgan fingerprint density at radius 2 is 1.61 bits per heavy atom. The summed E-state index contributed by atoms with van der Waals surface area (Å²) in [7, 11) is 0. The number of hydrogen-bond acceptors (Lipinski definition) is 13. The summed E-state index contributed by atoms with van der Waals surface area (Å²) in [6, 6.07) is 20.5. The number of urea groups is 1. The molecule has 0 saturated carbocycles. The second kappa shape index (κ2) is 23.2. The number of carbonyl (C=O) groups is 5. The molecule has 400 valence electrons. The lowest BCUT2D eigenvalue weighted by Gasteiger charge is -2.35. The summed E-state index contributed by atoms with van der Waals surface area (Å²) in [6.45, 7) is 10.8. The van der Waals surface area contributed by atoms with Gasteiger partial charge < -0.3 is 39.2 Å². The molecule has 5 aromatic rings. The van der Waals surface area contributed by atoms with E-state index in [-0.39, 0.29) is 56.8 Å². The number of aromatic nitrogens is 1. The van der Waals surface area contributed by atoms with E-state index in [0.29, 0.717) is 72.1 Å². The number of ether oxygens (including phenoxy) is 4. The molecule has 4 aromatic carbocycles. The maximum Gasteiger partial charge on any atom is 0.417 e. The number of fused-ring (bicyclic) bond motifs is 1. The predicted molar refractivity (Wildman–Crippen MR) is 276 cm³/mol. The van der Waals surface area contributed by atoms with Crippen LogP contribution in [0.15, 0.2) is 90.4 Å². The highest BCUT2D eigenvalue weighted by Crippen LogP contribution is 2.41. The van der Waals surface area contributed by atoms with Crippen molar-refractivity contribution in [2.24, 2.45) is 5.92 Å². The highest BCUT2D eigenvalue weighted by atomic mass is 32.1. The average Bonchev–Trinajstić information content (AvgIpc) is 4.14. The van der Waals surface area contributed by atoms with E-state index < -0.39 is 64.8 Å². The molecule has 1 aromatic heterocycles. The van der Waals surface area contributed by atoms with Crippen molar-refractivity contribution in [1.29, 1.82) is 5.26 Å². The molecule has 2 saturated heterocycles. The number of carbonyl (C=O) groups excluding carboxylic acids is 5. The number of thiazole rings is 1. The van der Waals surface area contributed by atoms with E-state index in [1.54, 1.807) is 52.9 Å². The fourth-order valence-electron chi connectivity index (χ4n) is 9.62. The van der Waals surface area contributed by atoms with E-state index in [1.807, 2.05) is 45.0 Å². The van der Waals surface area contributed by atoms with Gasteiger partial charge in [0.1, 0.15) is 35.7 Å². The largest absolute Gasteiger partial charge is 0.491 e. The number of rotatable bonds is 21. The maximum absolute atomic E-state index is 14.3. The summed E-state index contributed by atoms with van der Waals surface area (Å²) >= 11 is 1.48. The first-order valence-electron chi connectivity index (χ1n) is 24.8. The van der Waals surface area contributed by atoms with Gasteiger partial charge >= 0.3 is 12.2 Å². The molecule has 0 bridgehead atoms. The Kier molecular flexibility index (Phi) is 16.8. The van der Waals surface area contributed by atoms with Gasteiger partial charge in [-0.1, -0.05) is 38.1 Å². The molecule has 76 heavy (non-hydrogen) atoms. The van der Waals surface area contributed by atoms with Gasteiger partial charge in [-0.05, 0) is 105 Å².